The van der Waals surface area contributed by atoms with Crippen molar-refractivity contribution in [2.24, 2.45) is 0 Å². The van der Waals surface area contributed by atoms with E-state index in [1.807, 2.05) is 9.95 Å². The van der Waals surface area contributed by atoms with Gasteiger partial charge in [-0.2, -0.15) is 0 Å². The van der Waals surface area contributed by atoms with Crippen LogP contribution < -0.4 is 0 Å². The van der Waals surface area contributed by atoms with Gasteiger partial charge in [-0.3, -0.25) is 0 Å². The first-order valence-corrected chi connectivity index (χ1v) is 8.18. The molecule has 1 aromatic carbocycles. The Labute approximate surface area is 132 Å². The minimum Gasteiger partial charge on any atom is -0.326 e. The van der Waals surface area contributed by atoms with Gasteiger partial charge in [0.05, 0.1) is 26.4 Å². The number of aromatic nitrogens is 3. The molecule has 0 unspecified atom stereocenters. The molecule has 3 aromatic rings. The van der Waals surface area contributed by atoms with E-state index in [-0.39, 0.29) is 5.82 Å². The standard InChI is InChI=1S/C13H10BrClFN3S/c14-8-5-10-11(6-9(8)16)19(12(7-15)18-10)3-1-13-17-2-4-20-13/h2,4-6H,1,3,7H2. The Morgan fingerprint density at radius 1 is 1.40 bits per heavy atom. The van der Waals surface area contributed by atoms with Crippen LogP contribution in [0.25, 0.3) is 11.0 Å². The van der Waals surface area contributed by atoms with Crippen LogP contribution in [-0.2, 0) is 18.8 Å². The summed E-state index contributed by atoms with van der Waals surface area (Å²) in [4.78, 5) is 8.70. The molecule has 0 saturated carbocycles. The molecule has 0 spiro atoms. The van der Waals surface area contributed by atoms with Crippen molar-refractivity contribution in [2.45, 2.75) is 18.8 Å². The van der Waals surface area contributed by atoms with Crippen molar-refractivity contribution in [3.63, 3.8) is 0 Å². The molecule has 0 fully saturated rings. The molecule has 0 atom stereocenters. The summed E-state index contributed by atoms with van der Waals surface area (Å²) in [5.74, 6) is 0.746. The van der Waals surface area contributed by atoms with E-state index in [4.69, 9.17) is 11.6 Å². The molecule has 3 rings (SSSR count). The number of rotatable bonds is 4. The number of aryl methyl sites for hydroxylation is 2. The number of imidazole rings is 1. The Balaban J connectivity index is 2.01. The van der Waals surface area contributed by atoms with Crippen LogP contribution in [0.1, 0.15) is 10.8 Å². The fraction of sp³-hybridized carbons (Fsp3) is 0.231. The lowest BCUT2D eigenvalue weighted by Crippen LogP contribution is -2.05. The summed E-state index contributed by atoms with van der Waals surface area (Å²) in [5.41, 5.74) is 1.51. The number of benzene rings is 1. The second-order valence-electron chi connectivity index (χ2n) is 4.24. The molecule has 0 aliphatic rings. The van der Waals surface area contributed by atoms with Crippen LogP contribution in [0.5, 0.6) is 0 Å². The zero-order valence-electron chi connectivity index (χ0n) is 10.3. The molecule has 104 valence electrons. The van der Waals surface area contributed by atoms with Crippen molar-refractivity contribution < 1.29 is 4.39 Å². The van der Waals surface area contributed by atoms with Gasteiger partial charge in [0.2, 0.25) is 0 Å². The monoisotopic (exact) mass is 373 g/mol. The highest BCUT2D eigenvalue weighted by Gasteiger charge is 2.13. The number of thiazole rings is 1. The van der Waals surface area contributed by atoms with Crippen LogP contribution in [-0.4, -0.2) is 14.5 Å². The summed E-state index contributed by atoms with van der Waals surface area (Å²) < 4.78 is 16.1. The van der Waals surface area contributed by atoms with Crippen molar-refractivity contribution in [1.29, 1.82) is 0 Å². The fourth-order valence-corrected chi connectivity index (χ4v) is 3.25. The molecular formula is C13H10BrClFN3S. The summed E-state index contributed by atoms with van der Waals surface area (Å²) >= 11 is 10.7. The molecule has 0 amide bonds. The number of hydrogen-bond acceptors (Lipinski definition) is 3. The Morgan fingerprint density at radius 2 is 2.25 bits per heavy atom. The van der Waals surface area contributed by atoms with Crippen LogP contribution in [0.2, 0.25) is 0 Å². The van der Waals surface area contributed by atoms with E-state index in [2.05, 4.69) is 25.9 Å². The van der Waals surface area contributed by atoms with E-state index in [1.54, 1.807) is 23.6 Å². The summed E-state index contributed by atoms with van der Waals surface area (Å²) in [5, 5.41) is 2.99. The van der Waals surface area contributed by atoms with Crippen molar-refractivity contribution in [3.8, 4) is 0 Å². The maximum atomic E-state index is 13.7. The van der Waals surface area contributed by atoms with E-state index >= 15 is 0 Å². The molecule has 3 nitrogen and oxygen atoms in total. The van der Waals surface area contributed by atoms with Crippen molar-refractivity contribution in [2.75, 3.05) is 0 Å². The lowest BCUT2D eigenvalue weighted by Gasteiger charge is -2.06. The Kier molecular flexibility index (Phi) is 4.05. The zero-order chi connectivity index (χ0) is 14.1. The maximum Gasteiger partial charge on any atom is 0.139 e. The SMILES string of the molecule is Fc1cc2c(cc1Br)nc(CCl)n2CCc1nccs1. The minimum absolute atomic E-state index is 0.297. The van der Waals surface area contributed by atoms with Crippen molar-refractivity contribution >= 4 is 49.9 Å². The van der Waals surface area contributed by atoms with Gasteiger partial charge in [0.15, 0.2) is 0 Å². The van der Waals surface area contributed by atoms with Crippen molar-refractivity contribution in [3.05, 3.63) is 44.8 Å². The molecule has 0 bridgehead atoms. The normalized spacial score (nSPS) is 11.3. The average molecular weight is 375 g/mol. The van der Waals surface area contributed by atoms with Gasteiger partial charge in [0, 0.05) is 30.6 Å². The first kappa shape index (κ1) is 14.0. The van der Waals surface area contributed by atoms with Crippen molar-refractivity contribution in [1.82, 2.24) is 14.5 Å². The smallest absolute Gasteiger partial charge is 0.139 e. The Bertz CT molecular complexity index is 742. The molecular weight excluding hydrogens is 365 g/mol. The zero-order valence-corrected chi connectivity index (χ0v) is 13.5. The maximum absolute atomic E-state index is 13.7. The first-order valence-electron chi connectivity index (χ1n) is 5.97. The molecule has 20 heavy (non-hydrogen) atoms. The van der Waals surface area contributed by atoms with Crippen LogP contribution in [0, 0.1) is 5.82 Å². The lowest BCUT2D eigenvalue weighted by molar-refractivity contribution is 0.620. The van der Waals surface area contributed by atoms with Crippen LogP contribution in [0.4, 0.5) is 4.39 Å². The van der Waals surface area contributed by atoms with Gasteiger partial charge in [-0.15, -0.1) is 22.9 Å². The molecule has 0 radical (unpaired) electrons. The fourth-order valence-electron chi connectivity index (χ4n) is 2.11. The van der Waals surface area contributed by atoms with E-state index in [0.29, 0.717) is 16.9 Å². The molecule has 0 N–H and O–H groups in total. The molecule has 0 saturated heterocycles. The molecule has 2 heterocycles. The van der Waals surface area contributed by atoms with Gasteiger partial charge >= 0.3 is 0 Å². The summed E-state index contributed by atoms with van der Waals surface area (Å²) in [6.45, 7) is 0.688. The molecule has 7 heteroatoms. The second-order valence-corrected chi connectivity index (χ2v) is 6.34. The van der Waals surface area contributed by atoms with Crippen LogP contribution in [0.15, 0.2) is 28.2 Å². The predicted molar refractivity (Wildman–Crippen MR) is 82.8 cm³/mol. The number of hydrogen-bond donors (Lipinski definition) is 0. The van der Waals surface area contributed by atoms with E-state index in [0.717, 1.165) is 28.3 Å². The number of nitrogens with zero attached hydrogens (tertiary/aromatic N) is 3. The largest absolute Gasteiger partial charge is 0.326 e. The summed E-state index contributed by atoms with van der Waals surface area (Å²) in [7, 11) is 0. The van der Waals surface area contributed by atoms with Gasteiger partial charge in [-0.25, -0.2) is 14.4 Å². The predicted octanol–water partition coefficient (Wildman–Crippen LogP) is 4.38. The lowest BCUT2D eigenvalue weighted by atomic mass is 10.3. The minimum atomic E-state index is -0.297. The third-order valence-corrected chi connectivity index (χ3v) is 4.71. The topological polar surface area (TPSA) is 30.7 Å². The number of fused-ring (bicyclic) bond motifs is 1. The Morgan fingerprint density at radius 3 is 2.95 bits per heavy atom. The first-order chi connectivity index (χ1) is 9.69. The van der Waals surface area contributed by atoms with Gasteiger partial charge in [0.1, 0.15) is 11.6 Å². The Hall–Kier alpha value is -0.980. The van der Waals surface area contributed by atoms with E-state index in [1.165, 1.54) is 6.07 Å². The van der Waals surface area contributed by atoms with E-state index in [9.17, 15) is 4.39 Å². The average Bonchev–Trinajstić information content (AvgIpc) is 3.05. The third-order valence-electron chi connectivity index (χ3n) is 3.02. The van der Waals surface area contributed by atoms with Crippen LogP contribution >= 0.6 is 38.9 Å². The van der Waals surface area contributed by atoms with Gasteiger partial charge in [-0.05, 0) is 22.0 Å². The van der Waals surface area contributed by atoms with Crippen LogP contribution in [0.3, 0.4) is 0 Å². The highest BCUT2D eigenvalue weighted by atomic mass is 79.9. The number of halogens is 3. The van der Waals surface area contributed by atoms with Gasteiger partial charge < -0.3 is 4.57 Å². The summed E-state index contributed by atoms with van der Waals surface area (Å²) in [6.07, 6.45) is 2.57. The molecule has 0 aliphatic carbocycles. The number of alkyl halides is 1. The molecule has 0 aliphatic heterocycles. The highest BCUT2D eigenvalue weighted by molar-refractivity contribution is 9.10. The summed E-state index contributed by atoms with van der Waals surface area (Å²) in [6, 6.07) is 3.17. The van der Waals surface area contributed by atoms with Gasteiger partial charge in [-0.1, -0.05) is 0 Å². The highest BCUT2D eigenvalue weighted by Crippen LogP contribution is 2.25. The van der Waals surface area contributed by atoms with E-state index < -0.39 is 0 Å². The second kappa shape index (κ2) is 5.79. The third kappa shape index (κ3) is 2.60. The quantitative estimate of drug-likeness (QED) is 0.635. The van der Waals surface area contributed by atoms with Gasteiger partial charge in [0.25, 0.3) is 0 Å². The molecule has 2 aromatic heterocycles.